The zero-order valence-electron chi connectivity index (χ0n) is 24.5. The Labute approximate surface area is 245 Å². The van der Waals surface area contributed by atoms with Gasteiger partial charge in [0.05, 0.1) is 36.5 Å². The molecule has 0 N–H and O–H groups in total. The summed E-state index contributed by atoms with van der Waals surface area (Å²) < 4.78 is 19.0. The van der Waals surface area contributed by atoms with Crippen LogP contribution in [0.2, 0.25) is 0 Å². The highest BCUT2D eigenvalue weighted by atomic mass is 16.6. The molecule has 218 valence electrons. The summed E-state index contributed by atoms with van der Waals surface area (Å²) in [5.41, 5.74) is 3.77. The lowest BCUT2D eigenvalue weighted by molar-refractivity contribution is 0.0425. The standard InChI is InChI=1S/C14H14O2.2C8H4O3.2C2H6/c1-15-13-7-3-11(4-8-13)12-5-9-14(16-2)10-6-12;2*9-7-5-3-1-2-4-6(5)8(10)11-7;2*1-2/h3-10H,1-2H3;2*1-4H;2*1-2H3. The number of benzene rings is 4. The summed E-state index contributed by atoms with van der Waals surface area (Å²) >= 11 is 0. The fourth-order valence-electron chi connectivity index (χ4n) is 3.63. The van der Waals surface area contributed by atoms with E-state index in [2.05, 4.69) is 9.47 Å². The Kier molecular flexibility index (Phi) is 13.2. The molecule has 0 aliphatic carbocycles. The lowest BCUT2D eigenvalue weighted by Crippen LogP contribution is -1.96. The molecule has 0 fully saturated rings. The van der Waals surface area contributed by atoms with Gasteiger partial charge in [0.15, 0.2) is 0 Å². The summed E-state index contributed by atoms with van der Waals surface area (Å²) in [4.78, 5) is 43.3. The van der Waals surface area contributed by atoms with Crippen molar-refractivity contribution < 1.29 is 38.1 Å². The van der Waals surface area contributed by atoms with Crippen LogP contribution in [0.15, 0.2) is 97.1 Å². The van der Waals surface area contributed by atoms with Gasteiger partial charge in [0.2, 0.25) is 0 Å². The first-order valence-corrected chi connectivity index (χ1v) is 13.4. The Hall–Kier alpha value is -5.24. The van der Waals surface area contributed by atoms with Crippen molar-refractivity contribution in [1.29, 1.82) is 0 Å². The summed E-state index contributed by atoms with van der Waals surface area (Å²) in [6.07, 6.45) is 0. The summed E-state index contributed by atoms with van der Waals surface area (Å²) in [5, 5.41) is 0. The second-order valence-corrected chi connectivity index (χ2v) is 7.90. The van der Waals surface area contributed by atoms with Crippen LogP contribution in [-0.4, -0.2) is 38.1 Å². The predicted molar refractivity (Wildman–Crippen MR) is 160 cm³/mol. The third-order valence-electron chi connectivity index (χ3n) is 5.62. The number of cyclic esters (lactones) is 4. The Balaban J connectivity index is 0.000000212. The van der Waals surface area contributed by atoms with E-state index in [9.17, 15) is 19.2 Å². The van der Waals surface area contributed by atoms with Crippen LogP contribution in [0.1, 0.15) is 69.1 Å². The molecule has 8 nitrogen and oxygen atoms in total. The van der Waals surface area contributed by atoms with Crippen molar-refractivity contribution in [2.75, 3.05) is 14.2 Å². The fourth-order valence-corrected chi connectivity index (χ4v) is 3.63. The first kappa shape index (κ1) is 33.0. The van der Waals surface area contributed by atoms with Gasteiger partial charge in [0.1, 0.15) is 11.5 Å². The van der Waals surface area contributed by atoms with Gasteiger partial charge < -0.3 is 18.9 Å². The quantitative estimate of drug-likeness (QED) is 0.185. The number of hydrogen-bond acceptors (Lipinski definition) is 8. The predicted octanol–water partition coefficient (Wildman–Crippen LogP) is 7.42. The maximum atomic E-state index is 10.8. The van der Waals surface area contributed by atoms with Crippen LogP contribution < -0.4 is 9.47 Å². The lowest BCUT2D eigenvalue weighted by atomic mass is 10.1. The second-order valence-electron chi connectivity index (χ2n) is 7.90. The molecule has 0 saturated carbocycles. The molecule has 6 rings (SSSR count). The smallest absolute Gasteiger partial charge is 0.346 e. The molecular formula is C34H34O8. The van der Waals surface area contributed by atoms with Gasteiger partial charge >= 0.3 is 23.9 Å². The molecule has 0 aromatic heterocycles. The van der Waals surface area contributed by atoms with Crippen LogP contribution >= 0.6 is 0 Å². The number of carbonyl (C=O) groups excluding carboxylic acids is 4. The van der Waals surface area contributed by atoms with Crippen LogP contribution in [-0.2, 0) is 9.47 Å². The summed E-state index contributed by atoms with van der Waals surface area (Å²) in [5.74, 6) is -0.457. The molecule has 2 heterocycles. The Morgan fingerprint density at radius 3 is 0.857 bits per heavy atom. The Morgan fingerprint density at radius 2 is 0.643 bits per heavy atom. The van der Waals surface area contributed by atoms with E-state index < -0.39 is 23.9 Å². The lowest BCUT2D eigenvalue weighted by Gasteiger charge is -2.05. The van der Waals surface area contributed by atoms with E-state index in [1.165, 1.54) is 11.1 Å². The number of fused-ring (bicyclic) bond motifs is 2. The maximum absolute atomic E-state index is 10.8. The third kappa shape index (κ3) is 8.38. The molecule has 4 aromatic rings. The highest BCUT2D eigenvalue weighted by molar-refractivity contribution is 6.15. The van der Waals surface area contributed by atoms with Crippen LogP contribution in [0.3, 0.4) is 0 Å². The van der Waals surface area contributed by atoms with E-state index in [-0.39, 0.29) is 0 Å². The number of esters is 4. The van der Waals surface area contributed by atoms with Gasteiger partial charge in [0.25, 0.3) is 0 Å². The molecule has 2 aliphatic heterocycles. The summed E-state index contributed by atoms with van der Waals surface area (Å²) in [6, 6.07) is 29.1. The molecule has 8 heteroatoms. The molecular weight excluding hydrogens is 536 g/mol. The minimum Gasteiger partial charge on any atom is -0.497 e. The average molecular weight is 571 g/mol. The number of carbonyl (C=O) groups is 4. The van der Waals surface area contributed by atoms with Crippen LogP contribution in [0.4, 0.5) is 0 Å². The van der Waals surface area contributed by atoms with Crippen LogP contribution in [0.25, 0.3) is 11.1 Å². The SMILES string of the molecule is CC.CC.COc1ccc(-c2ccc(OC)cc2)cc1.O=C1OC(=O)c2ccccc21.O=C1OC(=O)c2ccccc21. The van der Waals surface area contributed by atoms with E-state index >= 15 is 0 Å². The molecule has 0 bridgehead atoms. The van der Waals surface area contributed by atoms with Gasteiger partial charge in [-0.3, -0.25) is 0 Å². The number of hydrogen-bond donors (Lipinski definition) is 0. The minimum absolute atomic E-state index is 0.359. The zero-order valence-corrected chi connectivity index (χ0v) is 24.5. The largest absolute Gasteiger partial charge is 0.497 e. The van der Waals surface area contributed by atoms with E-state index in [0.29, 0.717) is 22.3 Å². The molecule has 0 atom stereocenters. The van der Waals surface area contributed by atoms with Crippen LogP contribution in [0, 0.1) is 0 Å². The molecule has 0 radical (unpaired) electrons. The molecule has 4 aromatic carbocycles. The van der Waals surface area contributed by atoms with Gasteiger partial charge in [-0.1, -0.05) is 76.2 Å². The van der Waals surface area contributed by atoms with Crippen molar-refractivity contribution in [1.82, 2.24) is 0 Å². The Morgan fingerprint density at radius 1 is 0.405 bits per heavy atom. The van der Waals surface area contributed by atoms with E-state index in [0.717, 1.165) is 11.5 Å². The second kappa shape index (κ2) is 16.8. The first-order chi connectivity index (χ1) is 20.4. The van der Waals surface area contributed by atoms with Crippen molar-refractivity contribution >= 4 is 23.9 Å². The van der Waals surface area contributed by atoms with E-state index in [4.69, 9.17) is 9.47 Å². The monoisotopic (exact) mass is 570 g/mol. The molecule has 2 aliphatic rings. The minimum atomic E-state index is -0.550. The normalized spacial score (nSPS) is 11.7. The van der Waals surface area contributed by atoms with Gasteiger partial charge in [-0.15, -0.1) is 0 Å². The van der Waals surface area contributed by atoms with Crippen LogP contribution in [0.5, 0.6) is 11.5 Å². The topological polar surface area (TPSA) is 105 Å². The number of methoxy groups -OCH3 is 2. The van der Waals surface area contributed by atoms with E-state index in [1.54, 1.807) is 62.8 Å². The van der Waals surface area contributed by atoms with Crippen molar-refractivity contribution in [2.45, 2.75) is 27.7 Å². The van der Waals surface area contributed by atoms with Gasteiger partial charge in [0, 0.05) is 0 Å². The number of rotatable bonds is 3. The fraction of sp³-hybridized carbons (Fsp3) is 0.176. The van der Waals surface area contributed by atoms with Crippen molar-refractivity contribution in [3.63, 3.8) is 0 Å². The van der Waals surface area contributed by atoms with Crippen molar-refractivity contribution in [3.8, 4) is 22.6 Å². The molecule has 42 heavy (non-hydrogen) atoms. The summed E-state index contributed by atoms with van der Waals surface area (Å²) in [6.45, 7) is 8.00. The summed E-state index contributed by atoms with van der Waals surface area (Å²) in [7, 11) is 3.34. The van der Waals surface area contributed by atoms with E-state index in [1.807, 2.05) is 76.2 Å². The maximum Gasteiger partial charge on any atom is 0.346 e. The highest BCUT2D eigenvalue weighted by Gasteiger charge is 2.29. The molecule has 0 unspecified atom stereocenters. The van der Waals surface area contributed by atoms with Gasteiger partial charge in [-0.2, -0.15) is 0 Å². The zero-order chi connectivity index (χ0) is 31.1. The van der Waals surface area contributed by atoms with Gasteiger partial charge in [-0.25, -0.2) is 19.2 Å². The van der Waals surface area contributed by atoms with Gasteiger partial charge in [-0.05, 0) is 59.7 Å². The van der Waals surface area contributed by atoms with Crippen molar-refractivity contribution in [3.05, 3.63) is 119 Å². The Bertz CT molecular complexity index is 1310. The highest BCUT2D eigenvalue weighted by Crippen LogP contribution is 2.24. The average Bonchev–Trinajstić information content (AvgIpc) is 3.53. The molecule has 0 saturated heterocycles. The third-order valence-corrected chi connectivity index (χ3v) is 5.62. The molecule has 0 amide bonds. The molecule has 0 spiro atoms. The first-order valence-electron chi connectivity index (χ1n) is 13.4. The van der Waals surface area contributed by atoms with Crippen molar-refractivity contribution in [2.24, 2.45) is 0 Å². The number of ether oxygens (including phenoxy) is 4.